The Morgan fingerprint density at radius 3 is 2.29 bits per heavy atom. The normalized spacial score (nSPS) is 15.9. The summed E-state index contributed by atoms with van der Waals surface area (Å²) in [6.45, 7) is 0. The minimum Gasteiger partial charge on any atom is -0.324 e. The Balaban J connectivity index is 1.74. The number of nitrogens with one attached hydrogen (secondary N) is 1. The van der Waals surface area contributed by atoms with Crippen LogP contribution in [0, 0.1) is 0 Å². The van der Waals surface area contributed by atoms with Gasteiger partial charge < -0.3 is 5.32 Å². The second-order valence-electron chi connectivity index (χ2n) is 6.46. The number of benzene rings is 3. The molecule has 0 saturated carbocycles. The smallest absolute Gasteiger partial charge is 0.265 e. The van der Waals surface area contributed by atoms with Crippen molar-refractivity contribution in [2.75, 3.05) is 9.62 Å². The van der Waals surface area contributed by atoms with Gasteiger partial charge in [0, 0.05) is 17.1 Å². The maximum Gasteiger partial charge on any atom is 0.265 e. The Labute approximate surface area is 168 Å². The van der Waals surface area contributed by atoms with Gasteiger partial charge in [-0.3, -0.25) is 9.10 Å². The third kappa shape index (κ3) is 3.37. The van der Waals surface area contributed by atoms with Crippen molar-refractivity contribution in [3.63, 3.8) is 0 Å². The van der Waals surface area contributed by atoms with Gasteiger partial charge in [-0.2, -0.15) is 0 Å². The van der Waals surface area contributed by atoms with Crippen LogP contribution < -0.4 is 9.62 Å². The summed E-state index contributed by atoms with van der Waals surface area (Å²) in [7, 11) is -3.94. The van der Waals surface area contributed by atoms with Crippen LogP contribution in [-0.4, -0.2) is 20.4 Å². The molecule has 0 unspecified atom stereocenters. The van der Waals surface area contributed by atoms with Gasteiger partial charge in [0.2, 0.25) is 5.91 Å². The highest BCUT2D eigenvalue weighted by Gasteiger charge is 2.42. The van der Waals surface area contributed by atoms with Crippen LogP contribution in [0.25, 0.3) is 0 Å². The molecule has 0 fully saturated rings. The van der Waals surface area contributed by atoms with Gasteiger partial charge in [0.1, 0.15) is 6.04 Å². The maximum atomic E-state index is 13.4. The zero-order valence-corrected chi connectivity index (χ0v) is 16.3. The summed E-state index contributed by atoms with van der Waals surface area (Å²) in [6.07, 6.45) is 0.307. The Morgan fingerprint density at radius 2 is 1.57 bits per heavy atom. The van der Waals surface area contributed by atoms with E-state index in [0.717, 1.165) is 5.56 Å². The molecule has 5 nitrogen and oxygen atoms in total. The van der Waals surface area contributed by atoms with E-state index in [1.165, 1.54) is 28.6 Å². The number of anilines is 2. The number of carbonyl (C=O) groups excluding carboxylic acids is 1. The highest BCUT2D eigenvalue weighted by atomic mass is 35.5. The summed E-state index contributed by atoms with van der Waals surface area (Å²) in [5, 5.41) is 3.26. The molecular weight excluding hydrogens is 396 g/mol. The largest absolute Gasteiger partial charge is 0.324 e. The number of rotatable bonds is 4. The van der Waals surface area contributed by atoms with Crippen LogP contribution in [-0.2, 0) is 21.2 Å². The third-order valence-corrected chi connectivity index (χ3v) is 6.73. The van der Waals surface area contributed by atoms with Crippen molar-refractivity contribution in [3.8, 4) is 0 Å². The molecule has 1 amide bonds. The number of hydrogen-bond donors (Lipinski definition) is 1. The number of halogens is 1. The third-order valence-electron chi connectivity index (χ3n) is 4.64. The lowest BCUT2D eigenvalue weighted by molar-refractivity contribution is -0.117. The maximum absolute atomic E-state index is 13.4. The Morgan fingerprint density at radius 1 is 0.929 bits per heavy atom. The van der Waals surface area contributed by atoms with Crippen molar-refractivity contribution in [1.82, 2.24) is 0 Å². The summed E-state index contributed by atoms with van der Waals surface area (Å²) >= 11 is 5.90. The van der Waals surface area contributed by atoms with Gasteiger partial charge in [-0.15, -0.1) is 0 Å². The van der Waals surface area contributed by atoms with Crippen molar-refractivity contribution in [3.05, 3.63) is 89.4 Å². The Kier molecular flexibility index (Phi) is 4.83. The van der Waals surface area contributed by atoms with Crippen molar-refractivity contribution in [2.24, 2.45) is 0 Å². The molecule has 0 radical (unpaired) electrons. The monoisotopic (exact) mass is 412 g/mol. The van der Waals surface area contributed by atoms with Crippen LogP contribution in [0.1, 0.15) is 5.56 Å². The molecule has 1 atom stereocenters. The van der Waals surface area contributed by atoms with Gasteiger partial charge in [0.05, 0.1) is 10.6 Å². The van der Waals surface area contributed by atoms with Crippen LogP contribution in [0.3, 0.4) is 0 Å². The van der Waals surface area contributed by atoms with E-state index in [0.29, 0.717) is 22.8 Å². The standard InChI is InChI=1S/C21H17ClN2O3S/c22-16-10-12-18(13-11-16)28(26,27)24-19-9-5-4-6-15(19)14-20(24)21(25)23-17-7-2-1-3-8-17/h1-13,20H,14H2,(H,23,25)/t20-/m0/s1. The molecule has 0 saturated heterocycles. The fraction of sp³-hybridized carbons (Fsp3) is 0.0952. The lowest BCUT2D eigenvalue weighted by atomic mass is 10.1. The Hall–Kier alpha value is -2.83. The molecule has 28 heavy (non-hydrogen) atoms. The molecule has 0 aliphatic carbocycles. The van der Waals surface area contributed by atoms with E-state index in [1.807, 2.05) is 18.2 Å². The first-order valence-corrected chi connectivity index (χ1v) is 10.5. The first kappa shape index (κ1) is 18.5. The highest BCUT2D eigenvalue weighted by Crippen LogP contribution is 2.37. The van der Waals surface area contributed by atoms with Crippen LogP contribution in [0.2, 0.25) is 5.02 Å². The molecule has 7 heteroatoms. The summed E-state index contributed by atoms with van der Waals surface area (Å²) in [5.41, 5.74) is 1.95. The average Bonchev–Trinajstić information content (AvgIpc) is 3.10. The molecule has 3 aromatic carbocycles. The molecule has 0 aromatic heterocycles. The van der Waals surface area contributed by atoms with E-state index in [1.54, 1.807) is 36.4 Å². The molecule has 4 rings (SSSR count). The van der Waals surface area contributed by atoms with Crippen molar-refractivity contribution < 1.29 is 13.2 Å². The fourth-order valence-electron chi connectivity index (χ4n) is 3.32. The number of para-hydroxylation sites is 2. The number of amides is 1. The van der Waals surface area contributed by atoms with E-state index in [4.69, 9.17) is 11.6 Å². The van der Waals surface area contributed by atoms with Crippen LogP contribution in [0.5, 0.6) is 0 Å². The molecule has 3 aromatic rings. The topological polar surface area (TPSA) is 66.5 Å². The number of nitrogens with zero attached hydrogens (tertiary/aromatic N) is 1. The number of sulfonamides is 1. The molecule has 0 spiro atoms. The van der Waals surface area contributed by atoms with Crippen LogP contribution in [0.4, 0.5) is 11.4 Å². The van der Waals surface area contributed by atoms with E-state index in [2.05, 4.69) is 5.32 Å². The summed E-state index contributed by atoms with van der Waals surface area (Å²) in [5.74, 6) is -0.375. The summed E-state index contributed by atoms with van der Waals surface area (Å²) < 4.78 is 28.0. The number of fused-ring (bicyclic) bond motifs is 1. The average molecular weight is 413 g/mol. The predicted octanol–water partition coefficient (Wildman–Crippen LogP) is 4.10. The quantitative estimate of drug-likeness (QED) is 0.701. The molecule has 1 N–H and O–H groups in total. The predicted molar refractivity (Wildman–Crippen MR) is 110 cm³/mol. The second-order valence-corrected chi connectivity index (χ2v) is 8.71. The van der Waals surface area contributed by atoms with E-state index < -0.39 is 16.1 Å². The molecule has 0 bridgehead atoms. The minimum atomic E-state index is -3.94. The number of carbonyl (C=O) groups is 1. The molecular formula is C21H17ClN2O3S. The van der Waals surface area contributed by atoms with Gasteiger partial charge >= 0.3 is 0 Å². The van der Waals surface area contributed by atoms with Crippen molar-refractivity contribution in [1.29, 1.82) is 0 Å². The zero-order valence-electron chi connectivity index (χ0n) is 14.7. The van der Waals surface area contributed by atoms with E-state index in [-0.39, 0.29) is 10.8 Å². The number of hydrogen-bond acceptors (Lipinski definition) is 3. The molecule has 1 aliphatic heterocycles. The highest BCUT2D eigenvalue weighted by molar-refractivity contribution is 7.93. The van der Waals surface area contributed by atoms with Crippen molar-refractivity contribution in [2.45, 2.75) is 17.4 Å². The molecule has 1 aliphatic rings. The lowest BCUT2D eigenvalue weighted by Gasteiger charge is -2.26. The molecule has 1 heterocycles. The first-order chi connectivity index (χ1) is 13.5. The first-order valence-electron chi connectivity index (χ1n) is 8.70. The van der Waals surface area contributed by atoms with Gasteiger partial charge in [-0.05, 0) is 48.0 Å². The van der Waals surface area contributed by atoms with Gasteiger partial charge in [0.15, 0.2) is 0 Å². The summed E-state index contributed by atoms with van der Waals surface area (Å²) in [4.78, 5) is 13.1. The van der Waals surface area contributed by atoms with Gasteiger partial charge in [-0.25, -0.2) is 8.42 Å². The zero-order chi connectivity index (χ0) is 19.7. The van der Waals surface area contributed by atoms with Gasteiger partial charge in [0.25, 0.3) is 10.0 Å². The van der Waals surface area contributed by atoms with Gasteiger partial charge in [-0.1, -0.05) is 48.0 Å². The van der Waals surface area contributed by atoms with Crippen LogP contribution in [0.15, 0.2) is 83.8 Å². The van der Waals surface area contributed by atoms with E-state index >= 15 is 0 Å². The fourth-order valence-corrected chi connectivity index (χ4v) is 5.10. The SMILES string of the molecule is O=C(Nc1ccccc1)[C@@H]1Cc2ccccc2N1S(=O)(=O)c1ccc(Cl)cc1. The van der Waals surface area contributed by atoms with E-state index in [9.17, 15) is 13.2 Å². The second kappa shape index (κ2) is 7.30. The molecule has 142 valence electrons. The Bertz CT molecular complexity index is 1120. The lowest BCUT2D eigenvalue weighted by Crippen LogP contribution is -2.45. The van der Waals surface area contributed by atoms with Crippen LogP contribution >= 0.6 is 11.6 Å². The summed E-state index contributed by atoms with van der Waals surface area (Å²) in [6, 6.07) is 21.2. The van der Waals surface area contributed by atoms with Crippen molar-refractivity contribution >= 4 is 38.9 Å². The minimum absolute atomic E-state index is 0.0890.